The molecule has 0 N–H and O–H groups in total. The molecule has 152 valence electrons. The summed E-state index contributed by atoms with van der Waals surface area (Å²) in [6, 6.07) is 22.5. The Morgan fingerprint density at radius 3 is 2.40 bits per heavy atom. The Kier molecular flexibility index (Phi) is 6.50. The summed E-state index contributed by atoms with van der Waals surface area (Å²) in [5, 5.41) is 9.54. The molecule has 0 saturated carbocycles. The summed E-state index contributed by atoms with van der Waals surface area (Å²) in [5.74, 6) is 1.77. The second-order valence-corrected chi connectivity index (χ2v) is 8.31. The lowest BCUT2D eigenvalue weighted by Gasteiger charge is -2.12. The molecule has 4 rings (SSSR count). The first-order chi connectivity index (χ1) is 14.7. The number of benzene rings is 3. The molecule has 1 aromatic heterocycles. The van der Waals surface area contributed by atoms with Gasteiger partial charge in [0.1, 0.15) is 11.6 Å². The lowest BCUT2D eigenvalue weighted by atomic mass is 10.2. The quantitative estimate of drug-likeness (QED) is 0.280. The van der Waals surface area contributed by atoms with Crippen LogP contribution in [0.3, 0.4) is 0 Å². The summed E-state index contributed by atoms with van der Waals surface area (Å²) >= 11 is 4.92. The van der Waals surface area contributed by atoms with E-state index in [9.17, 15) is 4.39 Å². The Morgan fingerprint density at radius 2 is 1.70 bits per heavy atom. The highest BCUT2D eigenvalue weighted by atomic mass is 79.9. The molecule has 0 amide bonds. The standard InChI is InChI=1S/C23H19BrFN3OS/c1-2-29-20-13-11-19(12-14-20)28-22(16-7-9-18(24)10-8-16)26-27-23(28)30-15-17-5-3-4-6-21(17)25/h3-14H,2,15H2,1H3. The van der Waals surface area contributed by atoms with E-state index in [-0.39, 0.29) is 5.82 Å². The summed E-state index contributed by atoms with van der Waals surface area (Å²) < 4.78 is 22.6. The van der Waals surface area contributed by atoms with E-state index in [1.165, 1.54) is 17.8 Å². The first-order valence-corrected chi connectivity index (χ1v) is 11.2. The van der Waals surface area contributed by atoms with Crippen molar-refractivity contribution in [2.45, 2.75) is 17.8 Å². The molecule has 0 spiro atoms. The summed E-state index contributed by atoms with van der Waals surface area (Å²) in [4.78, 5) is 0. The molecule has 30 heavy (non-hydrogen) atoms. The highest BCUT2D eigenvalue weighted by Gasteiger charge is 2.17. The molecule has 0 atom stereocenters. The smallest absolute Gasteiger partial charge is 0.196 e. The molecular weight excluding hydrogens is 465 g/mol. The summed E-state index contributed by atoms with van der Waals surface area (Å²) in [6.45, 7) is 2.57. The minimum atomic E-state index is -0.217. The van der Waals surface area contributed by atoms with Gasteiger partial charge in [0.05, 0.1) is 6.61 Å². The summed E-state index contributed by atoms with van der Waals surface area (Å²) in [5.41, 5.74) is 2.49. The van der Waals surface area contributed by atoms with Gasteiger partial charge in [-0.1, -0.05) is 58.0 Å². The van der Waals surface area contributed by atoms with Gasteiger partial charge in [0.15, 0.2) is 11.0 Å². The van der Waals surface area contributed by atoms with Crippen LogP contribution in [0.2, 0.25) is 0 Å². The predicted molar refractivity (Wildman–Crippen MR) is 122 cm³/mol. The zero-order valence-electron chi connectivity index (χ0n) is 16.3. The number of nitrogens with zero attached hydrogens (tertiary/aromatic N) is 3. The van der Waals surface area contributed by atoms with Crippen molar-refractivity contribution >= 4 is 27.7 Å². The number of hydrogen-bond donors (Lipinski definition) is 0. The van der Waals surface area contributed by atoms with Crippen molar-refractivity contribution in [3.05, 3.63) is 88.6 Å². The monoisotopic (exact) mass is 483 g/mol. The number of rotatable bonds is 7. The number of thioether (sulfide) groups is 1. The second kappa shape index (κ2) is 9.45. The molecule has 0 aliphatic heterocycles. The van der Waals surface area contributed by atoms with Crippen LogP contribution < -0.4 is 4.74 Å². The van der Waals surface area contributed by atoms with Crippen LogP contribution in [0.15, 0.2) is 82.4 Å². The van der Waals surface area contributed by atoms with Gasteiger partial charge in [-0.3, -0.25) is 4.57 Å². The predicted octanol–water partition coefficient (Wildman–Crippen LogP) is 6.53. The van der Waals surface area contributed by atoms with E-state index >= 15 is 0 Å². The Balaban J connectivity index is 1.72. The van der Waals surface area contributed by atoms with E-state index in [0.29, 0.717) is 23.1 Å². The maximum atomic E-state index is 14.1. The fourth-order valence-electron chi connectivity index (χ4n) is 3.00. The van der Waals surface area contributed by atoms with Crippen LogP contribution >= 0.6 is 27.7 Å². The topological polar surface area (TPSA) is 39.9 Å². The summed E-state index contributed by atoms with van der Waals surface area (Å²) in [6.07, 6.45) is 0. The zero-order chi connectivity index (χ0) is 20.9. The first kappa shape index (κ1) is 20.6. The van der Waals surface area contributed by atoms with Gasteiger partial charge in [-0.25, -0.2) is 4.39 Å². The highest BCUT2D eigenvalue weighted by molar-refractivity contribution is 9.10. The minimum Gasteiger partial charge on any atom is -0.494 e. The largest absolute Gasteiger partial charge is 0.494 e. The van der Waals surface area contributed by atoms with E-state index < -0.39 is 0 Å². The molecule has 0 saturated heterocycles. The average molecular weight is 484 g/mol. The lowest BCUT2D eigenvalue weighted by molar-refractivity contribution is 0.340. The first-order valence-electron chi connectivity index (χ1n) is 9.46. The molecule has 0 unspecified atom stereocenters. The average Bonchev–Trinajstić information content (AvgIpc) is 3.18. The van der Waals surface area contributed by atoms with E-state index in [1.807, 2.05) is 66.1 Å². The lowest BCUT2D eigenvalue weighted by Crippen LogP contribution is -2.00. The van der Waals surface area contributed by atoms with Crippen LogP contribution in [0.1, 0.15) is 12.5 Å². The maximum Gasteiger partial charge on any atom is 0.196 e. The Labute approximate surface area is 187 Å². The van der Waals surface area contributed by atoms with Crippen molar-refractivity contribution in [1.82, 2.24) is 14.8 Å². The SMILES string of the molecule is CCOc1ccc(-n2c(SCc3ccccc3F)nnc2-c2ccc(Br)cc2)cc1. The van der Waals surface area contributed by atoms with E-state index in [0.717, 1.165) is 27.3 Å². The van der Waals surface area contributed by atoms with Crippen LogP contribution in [0.5, 0.6) is 5.75 Å². The van der Waals surface area contributed by atoms with Gasteiger partial charge in [-0.15, -0.1) is 10.2 Å². The molecule has 1 heterocycles. The molecule has 0 aliphatic carbocycles. The Bertz CT molecular complexity index is 1130. The third-order valence-corrected chi connectivity index (χ3v) is 5.96. The van der Waals surface area contributed by atoms with Crippen LogP contribution in [-0.4, -0.2) is 21.4 Å². The zero-order valence-corrected chi connectivity index (χ0v) is 18.7. The van der Waals surface area contributed by atoms with Crippen molar-refractivity contribution in [3.8, 4) is 22.8 Å². The molecule has 0 radical (unpaired) electrons. The van der Waals surface area contributed by atoms with Crippen LogP contribution in [0.25, 0.3) is 17.1 Å². The van der Waals surface area contributed by atoms with Gasteiger partial charge in [0, 0.05) is 21.5 Å². The maximum absolute atomic E-state index is 14.1. The van der Waals surface area contributed by atoms with E-state index in [2.05, 4.69) is 26.1 Å². The molecule has 4 nitrogen and oxygen atoms in total. The fraction of sp³-hybridized carbons (Fsp3) is 0.130. The van der Waals surface area contributed by atoms with Gasteiger partial charge >= 0.3 is 0 Å². The van der Waals surface area contributed by atoms with Gasteiger partial charge in [-0.2, -0.15) is 0 Å². The van der Waals surface area contributed by atoms with Gasteiger partial charge < -0.3 is 4.74 Å². The van der Waals surface area contributed by atoms with Gasteiger partial charge in [0.2, 0.25) is 0 Å². The van der Waals surface area contributed by atoms with Crippen molar-refractivity contribution < 1.29 is 9.13 Å². The number of halogens is 2. The van der Waals surface area contributed by atoms with Gasteiger partial charge in [-0.05, 0) is 55.0 Å². The molecule has 4 aromatic rings. The van der Waals surface area contributed by atoms with Crippen LogP contribution in [0.4, 0.5) is 4.39 Å². The number of aromatic nitrogens is 3. The third-order valence-electron chi connectivity index (χ3n) is 4.46. The summed E-state index contributed by atoms with van der Waals surface area (Å²) in [7, 11) is 0. The fourth-order valence-corrected chi connectivity index (χ4v) is 4.20. The molecule has 0 aliphatic rings. The Morgan fingerprint density at radius 1 is 0.967 bits per heavy atom. The van der Waals surface area contributed by atoms with Crippen molar-refractivity contribution in [2.75, 3.05) is 6.61 Å². The normalized spacial score (nSPS) is 10.9. The van der Waals surface area contributed by atoms with Crippen LogP contribution in [-0.2, 0) is 5.75 Å². The Hall–Kier alpha value is -2.64. The molecule has 0 bridgehead atoms. The van der Waals surface area contributed by atoms with Crippen molar-refractivity contribution in [3.63, 3.8) is 0 Å². The van der Waals surface area contributed by atoms with Crippen LogP contribution in [0, 0.1) is 5.82 Å². The second-order valence-electron chi connectivity index (χ2n) is 6.46. The number of ether oxygens (including phenoxy) is 1. The van der Waals surface area contributed by atoms with E-state index in [1.54, 1.807) is 12.1 Å². The minimum absolute atomic E-state index is 0.217. The molecule has 0 fully saturated rings. The molecular formula is C23H19BrFN3OS. The third kappa shape index (κ3) is 4.57. The van der Waals surface area contributed by atoms with E-state index in [4.69, 9.17) is 4.74 Å². The van der Waals surface area contributed by atoms with Gasteiger partial charge in [0.25, 0.3) is 0 Å². The highest BCUT2D eigenvalue weighted by Crippen LogP contribution is 2.31. The molecule has 7 heteroatoms. The number of hydrogen-bond acceptors (Lipinski definition) is 4. The van der Waals surface area contributed by atoms with Crippen molar-refractivity contribution in [2.24, 2.45) is 0 Å². The van der Waals surface area contributed by atoms with Crippen molar-refractivity contribution in [1.29, 1.82) is 0 Å². The molecule has 3 aromatic carbocycles.